The molecule has 100 valence electrons. The Balaban J connectivity index is 2.22. The van der Waals surface area contributed by atoms with E-state index in [1.807, 2.05) is 11.4 Å². The van der Waals surface area contributed by atoms with Gasteiger partial charge in [-0.05, 0) is 45.6 Å². The maximum atomic E-state index is 12.2. The molecule has 0 radical (unpaired) electrons. The summed E-state index contributed by atoms with van der Waals surface area (Å²) in [4.78, 5) is 13.2. The van der Waals surface area contributed by atoms with Gasteiger partial charge in [0.25, 0.3) is 0 Å². The van der Waals surface area contributed by atoms with Crippen LogP contribution in [0.2, 0.25) is 0 Å². The smallest absolute Gasteiger partial charge is 0.168 e. The molecule has 0 saturated heterocycles. The van der Waals surface area contributed by atoms with Gasteiger partial charge in [0.05, 0.1) is 14.2 Å². The summed E-state index contributed by atoms with van der Waals surface area (Å²) < 4.78 is 11.3. The molecule has 0 unspecified atom stereocenters. The number of methoxy groups -OCH3 is 2. The van der Waals surface area contributed by atoms with Crippen LogP contribution in [-0.2, 0) is 6.42 Å². The fourth-order valence-corrected chi connectivity index (χ4v) is 3.20. The van der Waals surface area contributed by atoms with Crippen molar-refractivity contribution in [1.82, 2.24) is 0 Å². The topological polar surface area (TPSA) is 35.5 Å². The highest BCUT2D eigenvalue weighted by atomic mass is 79.9. The van der Waals surface area contributed by atoms with Crippen molar-refractivity contribution in [3.05, 3.63) is 44.6 Å². The van der Waals surface area contributed by atoms with Crippen molar-refractivity contribution in [3.63, 3.8) is 0 Å². The van der Waals surface area contributed by atoms with E-state index in [-0.39, 0.29) is 5.78 Å². The first-order chi connectivity index (χ1) is 9.15. The van der Waals surface area contributed by atoms with E-state index in [9.17, 15) is 4.79 Å². The normalized spacial score (nSPS) is 10.3. The summed E-state index contributed by atoms with van der Waals surface area (Å²) >= 11 is 5.00. The third-order valence-electron chi connectivity index (χ3n) is 2.72. The molecule has 2 aromatic rings. The summed E-state index contributed by atoms with van der Waals surface area (Å²) in [5.41, 5.74) is 0.623. The van der Waals surface area contributed by atoms with Gasteiger partial charge in [0, 0.05) is 21.3 Å². The molecule has 19 heavy (non-hydrogen) atoms. The third kappa shape index (κ3) is 3.16. The second-order valence-electron chi connectivity index (χ2n) is 3.86. The maximum Gasteiger partial charge on any atom is 0.168 e. The molecule has 0 aliphatic carbocycles. The van der Waals surface area contributed by atoms with Gasteiger partial charge >= 0.3 is 0 Å². The molecule has 3 nitrogen and oxygen atoms in total. The number of carbonyl (C=O) groups is 1. The summed E-state index contributed by atoms with van der Waals surface area (Å²) in [6.45, 7) is 0. The molecule has 1 aromatic heterocycles. The first-order valence-corrected chi connectivity index (χ1v) is 7.30. The number of carbonyl (C=O) groups excluding carboxylic acids is 1. The SMILES string of the molecule is COc1ccc(C(=O)Cc2sccc2Br)cc1OC. The molecule has 0 spiro atoms. The molecule has 0 aliphatic rings. The maximum absolute atomic E-state index is 12.2. The summed E-state index contributed by atoms with van der Waals surface area (Å²) in [6.07, 6.45) is 0.383. The van der Waals surface area contributed by atoms with Crippen molar-refractivity contribution >= 4 is 33.0 Å². The van der Waals surface area contributed by atoms with E-state index in [0.717, 1.165) is 9.35 Å². The minimum Gasteiger partial charge on any atom is -0.493 e. The highest BCUT2D eigenvalue weighted by Gasteiger charge is 2.13. The minimum absolute atomic E-state index is 0.0594. The van der Waals surface area contributed by atoms with Crippen molar-refractivity contribution in [2.75, 3.05) is 14.2 Å². The average Bonchev–Trinajstić information content (AvgIpc) is 2.83. The minimum atomic E-state index is 0.0594. The average molecular weight is 341 g/mol. The van der Waals surface area contributed by atoms with Crippen molar-refractivity contribution in [1.29, 1.82) is 0 Å². The molecule has 1 aromatic carbocycles. The highest BCUT2D eigenvalue weighted by molar-refractivity contribution is 9.10. The van der Waals surface area contributed by atoms with Crippen molar-refractivity contribution in [2.45, 2.75) is 6.42 Å². The quantitative estimate of drug-likeness (QED) is 0.773. The predicted molar refractivity (Wildman–Crippen MR) is 79.6 cm³/mol. The molecular formula is C14H13BrO3S. The van der Waals surface area contributed by atoms with Gasteiger partial charge in [-0.25, -0.2) is 0 Å². The lowest BCUT2D eigenvalue weighted by molar-refractivity contribution is 0.0993. The number of hydrogen-bond donors (Lipinski definition) is 0. The Morgan fingerprint density at radius 3 is 2.53 bits per heavy atom. The van der Waals surface area contributed by atoms with Crippen molar-refractivity contribution < 1.29 is 14.3 Å². The Bertz CT molecular complexity index is 592. The predicted octanol–water partition coefficient (Wildman–Crippen LogP) is 3.95. The lowest BCUT2D eigenvalue weighted by Gasteiger charge is -2.08. The van der Waals surface area contributed by atoms with E-state index >= 15 is 0 Å². The Kier molecular flexibility index (Phi) is 4.61. The molecule has 0 N–H and O–H groups in total. The Morgan fingerprint density at radius 2 is 1.95 bits per heavy atom. The number of thiophene rings is 1. The van der Waals surface area contributed by atoms with Crippen LogP contribution in [0.1, 0.15) is 15.2 Å². The molecule has 0 atom stereocenters. The van der Waals surface area contributed by atoms with Gasteiger partial charge in [0.1, 0.15) is 0 Å². The number of Topliss-reactive ketones (excluding diaryl/α,β-unsaturated/α-hetero) is 1. The van der Waals surface area contributed by atoms with Crippen molar-refractivity contribution in [3.8, 4) is 11.5 Å². The molecule has 0 fully saturated rings. The summed E-state index contributed by atoms with van der Waals surface area (Å²) in [6, 6.07) is 7.16. The van der Waals surface area contributed by atoms with E-state index < -0.39 is 0 Å². The van der Waals surface area contributed by atoms with Crippen LogP contribution >= 0.6 is 27.3 Å². The van der Waals surface area contributed by atoms with Crippen LogP contribution in [0.4, 0.5) is 0 Å². The number of halogens is 1. The third-order valence-corrected chi connectivity index (χ3v) is 4.64. The first kappa shape index (κ1) is 14.1. The van der Waals surface area contributed by atoms with Crippen LogP contribution in [0.5, 0.6) is 11.5 Å². The summed E-state index contributed by atoms with van der Waals surface area (Å²) in [7, 11) is 3.13. The zero-order valence-electron chi connectivity index (χ0n) is 10.6. The monoisotopic (exact) mass is 340 g/mol. The molecule has 2 rings (SSSR count). The molecule has 0 bridgehead atoms. The van der Waals surface area contributed by atoms with E-state index in [4.69, 9.17) is 9.47 Å². The van der Waals surface area contributed by atoms with E-state index in [1.165, 1.54) is 0 Å². The van der Waals surface area contributed by atoms with Crippen LogP contribution in [0.15, 0.2) is 34.1 Å². The summed E-state index contributed by atoms with van der Waals surface area (Å²) in [5.74, 6) is 1.25. The largest absolute Gasteiger partial charge is 0.493 e. The molecular weight excluding hydrogens is 328 g/mol. The lowest BCUT2D eigenvalue weighted by atomic mass is 10.1. The van der Waals surface area contributed by atoms with Gasteiger partial charge < -0.3 is 9.47 Å². The molecule has 0 amide bonds. The van der Waals surface area contributed by atoms with Gasteiger partial charge in [0.2, 0.25) is 0 Å². The Morgan fingerprint density at radius 1 is 1.21 bits per heavy atom. The van der Waals surface area contributed by atoms with Crippen LogP contribution in [-0.4, -0.2) is 20.0 Å². The highest BCUT2D eigenvalue weighted by Crippen LogP contribution is 2.29. The molecule has 0 aliphatic heterocycles. The molecule has 1 heterocycles. The Labute approximate surface area is 124 Å². The van der Waals surface area contributed by atoms with Crippen LogP contribution < -0.4 is 9.47 Å². The van der Waals surface area contributed by atoms with E-state index in [1.54, 1.807) is 43.8 Å². The van der Waals surface area contributed by atoms with Gasteiger partial charge in [0.15, 0.2) is 17.3 Å². The number of hydrogen-bond acceptors (Lipinski definition) is 4. The van der Waals surface area contributed by atoms with Crippen LogP contribution in [0.3, 0.4) is 0 Å². The van der Waals surface area contributed by atoms with Gasteiger partial charge in [-0.3, -0.25) is 4.79 Å². The molecule has 0 saturated carbocycles. The van der Waals surface area contributed by atoms with E-state index in [2.05, 4.69) is 15.9 Å². The number of ether oxygens (including phenoxy) is 2. The fourth-order valence-electron chi connectivity index (χ4n) is 1.71. The van der Waals surface area contributed by atoms with Crippen LogP contribution in [0, 0.1) is 0 Å². The fraction of sp³-hybridized carbons (Fsp3) is 0.214. The lowest BCUT2D eigenvalue weighted by Crippen LogP contribution is -2.03. The first-order valence-electron chi connectivity index (χ1n) is 5.62. The zero-order valence-corrected chi connectivity index (χ0v) is 13.0. The number of benzene rings is 1. The van der Waals surface area contributed by atoms with Gasteiger partial charge in [-0.15, -0.1) is 11.3 Å². The molecule has 5 heteroatoms. The second-order valence-corrected chi connectivity index (χ2v) is 5.72. The summed E-state index contributed by atoms with van der Waals surface area (Å²) in [5, 5.41) is 1.96. The number of rotatable bonds is 5. The Hall–Kier alpha value is -1.33. The number of ketones is 1. The van der Waals surface area contributed by atoms with Gasteiger partial charge in [-0.1, -0.05) is 0 Å². The van der Waals surface area contributed by atoms with E-state index in [0.29, 0.717) is 23.5 Å². The zero-order chi connectivity index (χ0) is 13.8. The van der Waals surface area contributed by atoms with Gasteiger partial charge in [-0.2, -0.15) is 0 Å². The second kappa shape index (κ2) is 6.21. The van der Waals surface area contributed by atoms with Crippen molar-refractivity contribution in [2.24, 2.45) is 0 Å². The standard InChI is InChI=1S/C14H13BrO3S/c1-17-12-4-3-9(7-13(12)18-2)11(16)8-14-10(15)5-6-19-14/h3-7H,8H2,1-2H3. The van der Waals surface area contributed by atoms with Crippen LogP contribution in [0.25, 0.3) is 0 Å².